The molecule has 0 radical (unpaired) electrons. The van der Waals surface area contributed by atoms with E-state index in [9.17, 15) is 0 Å². The third kappa shape index (κ3) is 5.89. The van der Waals surface area contributed by atoms with E-state index >= 15 is 0 Å². The molecule has 4 rings (SSSR count). The van der Waals surface area contributed by atoms with Crippen LogP contribution >= 0.6 is 0 Å². The molecular weight excluding hydrogens is 426 g/mol. The lowest BCUT2D eigenvalue weighted by Crippen LogP contribution is -2.37. The van der Waals surface area contributed by atoms with Gasteiger partial charge >= 0.3 is 0 Å². The predicted molar refractivity (Wildman–Crippen MR) is 139 cm³/mol. The summed E-state index contributed by atoms with van der Waals surface area (Å²) < 4.78 is 11.5. The molecule has 7 nitrogen and oxygen atoms in total. The number of fused-ring (bicyclic) bond motifs is 1. The van der Waals surface area contributed by atoms with Crippen molar-refractivity contribution in [3.63, 3.8) is 0 Å². The molecule has 182 valence electrons. The Hall–Kier alpha value is -3.06. The summed E-state index contributed by atoms with van der Waals surface area (Å²) in [5.74, 6) is 3.48. The first kappa shape index (κ1) is 24.1. The quantitative estimate of drug-likeness (QED) is 0.438. The summed E-state index contributed by atoms with van der Waals surface area (Å²) in [6.07, 6.45) is 4.40. The monoisotopic (exact) mass is 463 g/mol. The summed E-state index contributed by atoms with van der Waals surface area (Å²) in [7, 11) is 4.05. The highest BCUT2D eigenvalue weighted by molar-refractivity contribution is 5.90. The van der Waals surface area contributed by atoms with Crippen LogP contribution in [0, 0.1) is 0 Å². The fourth-order valence-corrected chi connectivity index (χ4v) is 4.59. The van der Waals surface area contributed by atoms with Crippen LogP contribution in [0.25, 0.3) is 10.9 Å². The van der Waals surface area contributed by atoms with Gasteiger partial charge in [-0.05, 0) is 69.9 Å². The van der Waals surface area contributed by atoms with E-state index in [1.54, 1.807) is 0 Å². The average molecular weight is 464 g/mol. The number of nitrogens with one attached hydrogen (secondary N) is 2. The SMILES string of the molecule is CCOc1ccc(OCC)c(CNC2CCC(Nc3nc(N(C)C)c4ccccc4n3)CC2)c1. The van der Waals surface area contributed by atoms with Crippen molar-refractivity contribution in [3.05, 3.63) is 48.0 Å². The molecule has 2 aromatic carbocycles. The maximum absolute atomic E-state index is 5.83. The molecule has 3 aromatic rings. The number of nitrogens with zero attached hydrogens (tertiary/aromatic N) is 3. The van der Waals surface area contributed by atoms with E-state index in [1.165, 1.54) is 0 Å². The van der Waals surface area contributed by atoms with Crippen LogP contribution in [0.15, 0.2) is 42.5 Å². The van der Waals surface area contributed by atoms with Crippen molar-refractivity contribution in [3.8, 4) is 11.5 Å². The Labute approximate surface area is 202 Å². The molecule has 2 N–H and O–H groups in total. The van der Waals surface area contributed by atoms with Crippen LogP contribution in [0.2, 0.25) is 0 Å². The molecule has 1 aromatic heterocycles. The molecule has 0 aliphatic heterocycles. The van der Waals surface area contributed by atoms with Gasteiger partial charge in [-0.15, -0.1) is 0 Å². The molecule has 0 saturated heterocycles. The molecular formula is C27H37N5O2. The minimum atomic E-state index is 0.384. The second kappa shape index (κ2) is 11.4. The average Bonchev–Trinajstić information content (AvgIpc) is 2.84. The van der Waals surface area contributed by atoms with Gasteiger partial charge in [0.15, 0.2) is 0 Å². The van der Waals surface area contributed by atoms with Crippen LogP contribution in [0.1, 0.15) is 45.1 Å². The van der Waals surface area contributed by atoms with Crippen molar-refractivity contribution in [2.24, 2.45) is 0 Å². The zero-order valence-electron chi connectivity index (χ0n) is 20.8. The van der Waals surface area contributed by atoms with E-state index < -0.39 is 0 Å². The normalized spacial score (nSPS) is 18.0. The van der Waals surface area contributed by atoms with E-state index in [-0.39, 0.29) is 0 Å². The second-order valence-electron chi connectivity index (χ2n) is 8.99. The molecule has 1 aliphatic carbocycles. The number of hydrogen-bond acceptors (Lipinski definition) is 7. The molecule has 0 atom stereocenters. The first-order chi connectivity index (χ1) is 16.6. The molecule has 0 bridgehead atoms. The topological polar surface area (TPSA) is 71.5 Å². The molecule has 34 heavy (non-hydrogen) atoms. The van der Waals surface area contributed by atoms with Crippen LogP contribution in [0.3, 0.4) is 0 Å². The molecule has 1 aliphatic rings. The fraction of sp³-hybridized carbons (Fsp3) is 0.481. The van der Waals surface area contributed by atoms with Crippen LogP contribution in [0.4, 0.5) is 11.8 Å². The van der Waals surface area contributed by atoms with Gasteiger partial charge in [-0.25, -0.2) is 4.98 Å². The zero-order valence-corrected chi connectivity index (χ0v) is 20.8. The first-order valence-corrected chi connectivity index (χ1v) is 12.4. The van der Waals surface area contributed by atoms with Crippen molar-refractivity contribution in [1.82, 2.24) is 15.3 Å². The number of ether oxygens (including phenoxy) is 2. The molecule has 1 fully saturated rings. The maximum Gasteiger partial charge on any atom is 0.225 e. The van der Waals surface area contributed by atoms with E-state index in [0.717, 1.165) is 66.0 Å². The summed E-state index contributed by atoms with van der Waals surface area (Å²) in [5.41, 5.74) is 2.12. The van der Waals surface area contributed by atoms with Crippen LogP contribution < -0.4 is 25.0 Å². The van der Waals surface area contributed by atoms with Crippen molar-refractivity contribution < 1.29 is 9.47 Å². The summed E-state index contributed by atoms with van der Waals surface area (Å²) >= 11 is 0. The first-order valence-electron chi connectivity index (χ1n) is 12.4. The smallest absolute Gasteiger partial charge is 0.225 e. The highest BCUT2D eigenvalue weighted by Gasteiger charge is 2.22. The minimum absolute atomic E-state index is 0.384. The van der Waals surface area contributed by atoms with Crippen molar-refractivity contribution >= 4 is 22.7 Å². The molecule has 0 unspecified atom stereocenters. The summed E-state index contributed by atoms with van der Waals surface area (Å²) in [5, 5.41) is 8.41. The molecule has 0 spiro atoms. The fourth-order valence-electron chi connectivity index (χ4n) is 4.59. The van der Waals surface area contributed by atoms with Crippen molar-refractivity contribution in [1.29, 1.82) is 0 Å². The standard InChI is InChI=1S/C27H37N5O2/c1-5-33-22-15-16-25(34-6-2)19(17-22)18-28-20-11-13-21(14-12-20)29-27-30-24-10-8-7-9-23(24)26(31-27)32(3)4/h7-10,15-17,20-21,28H,5-6,11-14,18H2,1-4H3,(H,29,30,31). The maximum atomic E-state index is 5.83. The van der Waals surface area contributed by atoms with E-state index in [1.807, 2.05) is 63.2 Å². The Morgan fingerprint density at radius 1 is 0.912 bits per heavy atom. The van der Waals surface area contributed by atoms with Gasteiger partial charge in [0.1, 0.15) is 17.3 Å². The Bertz CT molecular complexity index is 1080. The van der Waals surface area contributed by atoms with Crippen LogP contribution in [0.5, 0.6) is 11.5 Å². The predicted octanol–water partition coefficient (Wildman–Crippen LogP) is 5.01. The lowest BCUT2D eigenvalue weighted by molar-refractivity contribution is 0.320. The lowest BCUT2D eigenvalue weighted by Gasteiger charge is -2.30. The number of anilines is 2. The highest BCUT2D eigenvalue weighted by atomic mass is 16.5. The van der Waals surface area contributed by atoms with Gasteiger partial charge in [0.25, 0.3) is 0 Å². The Kier molecular flexibility index (Phi) is 8.06. The number of hydrogen-bond donors (Lipinski definition) is 2. The van der Waals surface area contributed by atoms with Gasteiger partial charge < -0.3 is 25.0 Å². The highest BCUT2D eigenvalue weighted by Crippen LogP contribution is 2.28. The van der Waals surface area contributed by atoms with Gasteiger partial charge in [0.05, 0.1) is 18.7 Å². The lowest BCUT2D eigenvalue weighted by atomic mass is 9.91. The number of rotatable bonds is 10. The summed E-state index contributed by atoms with van der Waals surface area (Å²) in [4.78, 5) is 11.6. The number of para-hydroxylation sites is 1. The Balaban J connectivity index is 1.34. The van der Waals surface area contributed by atoms with Gasteiger partial charge in [0.2, 0.25) is 5.95 Å². The van der Waals surface area contributed by atoms with E-state index in [2.05, 4.69) is 22.8 Å². The van der Waals surface area contributed by atoms with Crippen LogP contribution in [-0.2, 0) is 6.54 Å². The van der Waals surface area contributed by atoms with Gasteiger partial charge in [-0.3, -0.25) is 0 Å². The summed E-state index contributed by atoms with van der Waals surface area (Å²) in [6, 6.07) is 15.1. The minimum Gasteiger partial charge on any atom is -0.494 e. The molecule has 1 heterocycles. The molecule has 0 amide bonds. The van der Waals surface area contributed by atoms with Gasteiger partial charge in [0, 0.05) is 43.7 Å². The van der Waals surface area contributed by atoms with Crippen LogP contribution in [-0.4, -0.2) is 49.4 Å². The molecule has 7 heteroatoms. The largest absolute Gasteiger partial charge is 0.494 e. The van der Waals surface area contributed by atoms with Gasteiger partial charge in [-0.2, -0.15) is 4.98 Å². The summed E-state index contributed by atoms with van der Waals surface area (Å²) in [6.45, 7) is 6.12. The van der Waals surface area contributed by atoms with Gasteiger partial charge in [-0.1, -0.05) is 12.1 Å². The van der Waals surface area contributed by atoms with E-state index in [0.29, 0.717) is 31.2 Å². The third-order valence-corrected chi connectivity index (χ3v) is 6.29. The zero-order chi connectivity index (χ0) is 23.9. The van der Waals surface area contributed by atoms with Crippen molar-refractivity contribution in [2.45, 2.75) is 58.2 Å². The molecule has 1 saturated carbocycles. The van der Waals surface area contributed by atoms with Crippen molar-refractivity contribution in [2.75, 3.05) is 37.5 Å². The van der Waals surface area contributed by atoms with E-state index in [4.69, 9.17) is 19.4 Å². The Morgan fingerprint density at radius 2 is 1.65 bits per heavy atom. The number of benzene rings is 2. The second-order valence-corrected chi connectivity index (χ2v) is 8.99. The number of aromatic nitrogens is 2. The Morgan fingerprint density at radius 3 is 2.38 bits per heavy atom. The third-order valence-electron chi connectivity index (χ3n) is 6.29.